The molecular formula is C20H22N2O6. The van der Waals surface area contributed by atoms with E-state index in [1.54, 1.807) is 24.3 Å². The fourth-order valence-electron chi connectivity index (χ4n) is 2.44. The SMILES string of the molecule is COc1ccc(OCC(=O)c2ccc(NC(=O)CC(C)C)cc2)c([N+](=O)[O-])c1. The number of methoxy groups -OCH3 is 1. The van der Waals surface area contributed by atoms with E-state index in [1.807, 2.05) is 13.8 Å². The van der Waals surface area contributed by atoms with Crippen LogP contribution >= 0.6 is 0 Å². The van der Waals surface area contributed by atoms with Crippen molar-refractivity contribution in [3.63, 3.8) is 0 Å². The van der Waals surface area contributed by atoms with Crippen LogP contribution in [0, 0.1) is 16.0 Å². The molecule has 0 aliphatic heterocycles. The molecule has 2 rings (SSSR count). The Hall–Kier alpha value is -3.42. The number of hydrogen-bond donors (Lipinski definition) is 1. The van der Waals surface area contributed by atoms with Gasteiger partial charge in [0.25, 0.3) is 0 Å². The van der Waals surface area contributed by atoms with Crippen molar-refractivity contribution >= 4 is 23.1 Å². The van der Waals surface area contributed by atoms with E-state index in [2.05, 4.69) is 5.32 Å². The van der Waals surface area contributed by atoms with E-state index in [1.165, 1.54) is 25.3 Å². The van der Waals surface area contributed by atoms with Gasteiger partial charge in [-0.2, -0.15) is 0 Å². The predicted octanol–water partition coefficient (Wildman–Crippen LogP) is 3.85. The van der Waals surface area contributed by atoms with Crippen molar-refractivity contribution in [3.8, 4) is 11.5 Å². The van der Waals surface area contributed by atoms with Crippen LogP contribution in [0.2, 0.25) is 0 Å². The highest BCUT2D eigenvalue weighted by molar-refractivity contribution is 5.98. The summed E-state index contributed by atoms with van der Waals surface area (Å²) in [5, 5.41) is 13.9. The molecule has 0 atom stereocenters. The zero-order chi connectivity index (χ0) is 20.7. The number of carbonyl (C=O) groups excluding carboxylic acids is 2. The van der Waals surface area contributed by atoms with Crippen molar-refractivity contribution in [3.05, 3.63) is 58.1 Å². The van der Waals surface area contributed by atoms with E-state index in [-0.39, 0.29) is 35.7 Å². The number of rotatable bonds is 9. The molecule has 2 aromatic rings. The van der Waals surface area contributed by atoms with Gasteiger partial charge in [0.15, 0.2) is 18.1 Å². The lowest BCUT2D eigenvalue weighted by molar-refractivity contribution is -0.385. The van der Waals surface area contributed by atoms with Crippen LogP contribution in [-0.4, -0.2) is 30.3 Å². The molecule has 0 unspecified atom stereocenters. The lowest BCUT2D eigenvalue weighted by Crippen LogP contribution is -2.15. The van der Waals surface area contributed by atoms with Gasteiger partial charge in [-0.15, -0.1) is 0 Å². The fourth-order valence-corrected chi connectivity index (χ4v) is 2.44. The number of carbonyl (C=O) groups is 2. The van der Waals surface area contributed by atoms with Crippen LogP contribution in [0.5, 0.6) is 11.5 Å². The molecule has 2 aromatic carbocycles. The number of anilines is 1. The van der Waals surface area contributed by atoms with Gasteiger partial charge in [0.05, 0.1) is 18.1 Å². The minimum Gasteiger partial charge on any atom is -0.496 e. The van der Waals surface area contributed by atoms with Crippen molar-refractivity contribution in [1.82, 2.24) is 0 Å². The summed E-state index contributed by atoms with van der Waals surface area (Å²) in [6.45, 7) is 3.55. The molecule has 0 aliphatic rings. The van der Waals surface area contributed by atoms with E-state index in [0.29, 0.717) is 23.4 Å². The number of nitrogens with zero attached hydrogens (tertiary/aromatic N) is 1. The molecule has 0 spiro atoms. The highest BCUT2D eigenvalue weighted by Gasteiger charge is 2.18. The van der Waals surface area contributed by atoms with Crippen LogP contribution in [0.15, 0.2) is 42.5 Å². The third-order valence-corrected chi connectivity index (χ3v) is 3.81. The molecule has 148 valence electrons. The average molecular weight is 386 g/mol. The summed E-state index contributed by atoms with van der Waals surface area (Å²) >= 11 is 0. The highest BCUT2D eigenvalue weighted by Crippen LogP contribution is 2.31. The molecular weight excluding hydrogens is 364 g/mol. The van der Waals surface area contributed by atoms with Crippen molar-refractivity contribution in [2.45, 2.75) is 20.3 Å². The fraction of sp³-hybridized carbons (Fsp3) is 0.300. The third kappa shape index (κ3) is 5.80. The van der Waals surface area contributed by atoms with Gasteiger partial charge in [0.2, 0.25) is 5.91 Å². The molecule has 0 bridgehead atoms. The van der Waals surface area contributed by atoms with Gasteiger partial charge < -0.3 is 14.8 Å². The van der Waals surface area contributed by atoms with E-state index in [0.717, 1.165) is 0 Å². The van der Waals surface area contributed by atoms with Gasteiger partial charge in [-0.25, -0.2) is 0 Å². The van der Waals surface area contributed by atoms with E-state index in [4.69, 9.17) is 9.47 Å². The first-order chi connectivity index (χ1) is 13.3. The van der Waals surface area contributed by atoms with Crippen molar-refractivity contribution in [2.75, 3.05) is 19.0 Å². The molecule has 0 fully saturated rings. The Balaban J connectivity index is 2.00. The minimum absolute atomic E-state index is 0.0169. The molecule has 0 heterocycles. The Morgan fingerprint density at radius 3 is 2.39 bits per heavy atom. The number of ketones is 1. The number of benzene rings is 2. The summed E-state index contributed by atoms with van der Waals surface area (Å²) < 4.78 is 10.3. The number of nitrogens with one attached hydrogen (secondary N) is 1. The topological polar surface area (TPSA) is 108 Å². The standard InChI is InChI=1S/C20H22N2O6/c1-13(2)10-20(24)21-15-6-4-14(5-7-15)18(23)12-28-19-9-8-16(27-3)11-17(19)22(25)26/h4-9,11,13H,10,12H2,1-3H3,(H,21,24). The van der Waals surface area contributed by atoms with Crippen LogP contribution in [0.3, 0.4) is 0 Å². The molecule has 8 heteroatoms. The molecule has 28 heavy (non-hydrogen) atoms. The molecule has 0 radical (unpaired) electrons. The molecule has 8 nitrogen and oxygen atoms in total. The lowest BCUT2D eigenvalue weighted by atomic mass is 10.1. The van der Waals surface area contributed by atoms with Crippen LogP contribution in [0.4, 0.5) is 11.4 Å². The Labute approximate surface area is 162 Å². The number of Topliss-reactive ketones (excluding diaryl/α,β-unsaturated/α-hetero) is 1. The number of ether oxygens (including phenoxy) is 2. The number of amides is 1. The second-order valence-corrected chi connectivity index (χ2v) is 6.53. The molecule has 0 saturated carbocycles. The Kier molecular flexibility index (Phi) is 7.08. The van der Waals surface area contributed by atoms with Crippen LogP contribution in [-0.2, 0) is 4.79 Å². The van der Waals surface area contributed by atoms with Gasteiger partial charge in [-0.05, 0) is 42.3 Å². The maximum atomic E-state index is 12.3. The maximum absolute atomic E-state index is 12.3. The van der Waals surface area contributed by atoms with Gasteiger partial charge in [0.1, 0.15) is 5.75 Å². The summed E-state index contributed by atoms with van der Waals surface area (Å²) in [5.41, 5.74) is 0.683. The number of hydrogen-bond acceptors (Lipinski definition) is 6. The van der Waals surface area contributed by atoms with Gasteiger partial charge in [-0.1, -0.05) is 13.8 Å². The van der Waals surface area contributed by atoms with Crippen LogP contribution < -0.4 is 14.8 Å². The maximum Gasteiger partial charge on any atom is 0.314 e. The first-order valence-corrected chi connectivity index (χ1v) is 8.68. The van der Waals surface area contributed by atoms with Crippen molar-refractivity contribution in [2.24, 2.45) is 5.92 Å². The Morgan fingerprint density at radius 1 is 1.14 bits per heavy atom. The average Bonchev–Trinajstić information content (AvgIpc) is 2.65. The zero-order valence-corrected chi connectivity index (χ0v) is 15.9. The first-order valence-electron chi connectivity index (χ1n) is 8.68. The Bertz CT molecular complexity index is 861. The summed E-state index contributed by atoms with van der Waals surface area (Å²) in [6, 6.07) is 10.5. The third-order valence-electron chi connectivity index (χ3n) is 3.81. The van der Waals surface area contributed by atoms with E-state index >= 15 is 0 Å². The Morgan fingerprint density at radius 2 is 1.82 bits per heavy atom. The second kappa shape index (κ2) is 9.50. The van der Waals surface area contributed by atoms with Crippen molar-refractivity contribution in [1.29, 1.82) is 0 Å². The van der Waals surface area contributed by atoms with Gasteiger partial charge in [-0.3, -0.25) is 19.7 Å². The molecule has 0 aliphatic carbocycles. The minimum atomic E-state index is -0.600. The largest absolute Gasteiger partial charge is 0.496 e. The summed E-state index contributed by atoms with van der Waals surface area (Å²) in [5.74, 6) is 0.117. The quantitative estimate of drug-likeness (QED) is 0.398. The number of nitro benzene ring substituents is 1. The summed E-state index contributed by atoms with van der Waals surface area (Å²) in [4.78, 5) is 34.6. The zero-order valence-electron chi connectivity index (χ0n) is 15.9. The molecule has 0 aromatic heterocycles. The number of nitro groups is 1. The van der Waals surface area contributed by atoms with E-state index in [9.17, 15) is 19.7 Å². The molecule has 0 saturated heterocycles. The predicted molar refractivity (Wildman–Crippen MR) is 104 cm³/mol. The van der Waals surface area contributed by atoms with Crippen LogP contribution in [0.1, 0.15) is 30.6 Å². The first kappa shape index (κ1) is 20.9. The molecule has 1 amide bonds. The highest BCUT2D eigenvalue weighted by atomic mass is 16.6. The molecule has 1 N–H and O–H groups in total. The smallest absolute Gasteiger partial charge is 0.314 e. The lowest BCUT2D eigenvalue weighted by Gasteiger charge is -2.09. The van der Waals surface area contributed by atoms with Crippen LogP contribution in [0.25, 0.3) is 0 Å². The summed E-state index contributed by atoms with van der Waals surface area (Å²) in [7, 11) is 1.40. The van der Waals surface area contributed by atoms with E-state index < -0.39 is 4.92 Å². The summed E-state index contributed by atoms with van der Waals surface area (Å²) in [6.07, 6.45) is 0.412. The van der Waals surface area contributed by atoms with Gasteiger partial charge >= 0.3 is 5.69 Å². The monoisotopic (exact) mass is 386 g/mol. The van der Waals surface area contributed by atoms with Gasteiger partial charge in [0, 0.05) is 17.7 Å². The second-order valence-electron chi connectivity index (χ2n) is 6.53. The normalized spacial score (nSPS) is 10.4. The van der Waals surface area contributed by atoms with Crippen molar-refractivity contribution < 1.29 is 24.0 Å².